The quantitative estimate of drug-likeness (QED) is 0.802. The van der Waals surface area contributed by atoms with Crippen LogP contribution in [0.25, 0.3) is 0 Å². The minimum absolute atomic E-state index is 0. The SMILES string of the molecule is Cl.O=C(N1CCC(NCC2CC2)CC1)C1(c2cccc(C(F)(F)F)c2)CC1. The lowest BCUT2D eigenvalue weighted by Gasteiger charge is -2.35. The van der Waals surface area contributed by atoms with Gasteiger partial charge in [0.25, 0.3) is 0 Å². The monoisotopic (exact) mass is 402 g/mol. The van der Waals surface area contributed by atoms with E-state index < -0.39 is 17.2 Å². The third kappa shape index (κ3) is 4.43. The average Bonchev–Trinajstić information content (AvgIpc) is 3.54. The van der Waals surface area contributed by atoms with Crippen molar-refractivity contribution >= 4 is 18.3 Å². The van der Waals surface area contributed by atoms with E-state index in [1.807, 2.05) is 4.90 Å². The van der Waals surface area contributed by atoms with Crippen molar-refractivity contribution in [2.24, 2.45) is 5.92 Å². The standard InChI is InChI=1S/C20H25F3N2O.ClH/c21-20(22,23)16-3-1-2-15(12-16)19(8-9-19)18(26)25-10-6-17(7-11-25)24-13-14-4-5-14;/h1-3,12,14,17,24H,4-11,13H2;1H. The molecule has 1 saturated heterocycles. The third-order valence-corrected chi connectivity index (χ3v) is 6.08. The van der Waals surface area contributed by atoms with Gasteiger partial charge in [-0.2, -0.15) is 13.2 Å². The molecule has 2 aliphatic carbocycles. The van der Waals surface area contributed by atoms with Crippen molar-refractivity contribution < 1.29 is 18.0 Å². The van der Waals surface area contributed by atoms with E-state index in [0.717, 1.165) is 37.4 Å². The van der Waals surface area contributed by atoms with Crippen molar-refractivity contribution in [2.45, 2.75) is 56.2 Å². The molecule has 7 heteroatoms. The van der Waals surface area contributed by atoms with Gasteiger partial charge >= 0.3 is 6.18 Å². The van der Waals surface area contributed by atoms with Crippen LogP contribution in [0.4, 0.5) is 13.2 Å². The Kier molecular flexibility index (Phi) is 5.78. The van der Waals surface area contributed by atoms with Crippen molar-refractivity contribution in [2.75, 3.05) is 19.6 Å². The van der Waals surface area contributed by atoms with E-state index in [4.69, 9.17) is 0 Å². The van der Waals surface area contributed by atoms with Gasteiger partial charge in [-0.25, -0.2) is 0 Å². The Morgan fingerprint density at radius 2 is 1.81 bits per heavy atom. The first-order valence-corrected chi connectivity index (χ1v) is 9.59. The number of carbonyl (C=O) groups excluding carboxylic acids is 1. The highest BCUT2D eigenvalue weighted by Gasteiger charge is 2.53. The highest BCUT2D eigenvalue weighted by molar-refractivity contribution is 5.91. The Labute approximate surface area is 164 Å². The van der Waals surface area contributed by atoms with Gasteiger partial charge < -0.3 is 10.2 Å². The van der Waals surface area contributed by atoms with Crippen LogP contribution < -0.4 is 5.32 Å². The summed E-state index contributed by atoms with van der Waals surface area (Å²) in [7, 11) is 0. The number of benzene rings is 1. The molecule has 1 aromatic rings. The smallest absolute Gasteiger partial charge is 0.342 e. The van der Waals surface area contributed by atoms with Crippen molar-refractivity contribution in [3.63, 3.8) is 0 Å². The van der Waals surface area contributed by atoms with Crippen LogP contribution in [0.5, 0.6) is 0 Å². The first-order chi connectivity index (χ1) is 12.4. The largest absolute Gasteiger partial charge is 0.416 e. The predicted molar refractivity (Wildman–Crippen MR) is 99.9 cm³/mol. The number of rotatable bonds is 5. The Morgan fingerprint density at radius 1 is 1.15 bits per heavy atom. The summed E-state index contributed by atoms with van der Waals surface area (Å²) in [6.45, 7) is 2.47. The van der Waals surface area contributed by atoms with Gasteiger partial charge in [-0.3, -0.25) is 4.79 Å². The Bertz CT molecular complexity index is 678. The van der Waals surface area contributed by atoms with Gasteiger partial charge in [-0.15, -0.1) is 12.4 Å². The summed E-state index contributed by atoms with van der Waals surface area (Å²) in [6.07, 6.45) is 1.42. The van der Waals surface area contributed by atoms with Gasteiger partial charge in [0.15, 0.2) is 0 Å². The number of hydrogen-bond acceptors (Lipinski definition) is 2. The number of halogens is 4. The van der Waals surface area contributed by atoms with Crippen molar-refractivity contribution in [3.8, 4) is 0 Å². The lowest BCUT2D eigenvalue weighted by atomic mass is 9.91. The molecule has 0 radical (unpaired) electrons. The van der Waals surface area contributed by atoms with E-state index in [9.17, 15) is 18.0 Å². The second-order valence-electron chi connectivity index (χ2n) is 8.08. The molecule has 2 saturated carbocycles. The van der Waals surface area contributed by atoms with Crippen molar-refractivity contribution in [1.82, 2.24) is 10.2 Å². The zero-order valence-electron chi connectivity index (χ0n) is 15.2. The number of nitrogens with one attached hydrogen (secondary N) is 1. The highest BCUT2D eigenvalue weighted by atomic mass is 35.5. The zero-order chi connectivity index (χ0) is 18.4. The highest BCUT2D eigenvalue weighted by Crippen LogP contribution is 2.50. The molecule has 3 nitrogen and oxygen atoms in total. The number of alkyl halides is 3. The van der Waals surface area contributed by atoms with E-state index >= 15 is 0 Å². The van der Waals surface area contributed by atoms with Crippen LogP contribution in [0.15, 0.2) is 24.3 Å². The van der Waals surface area contributed by atoms with E-state index in [0.29, 0.717) is 37.5 Å². The van der Waals surface area contributed by atoms with Gasteiger partial charge in [0.1, 0.15) is 0 Å². The average molecular weight is 403 g/mol. The second-order valence-corrected chi connectivity index (χ2v) is 8.08. The first kappa shape index (κ1) is 20.5. The molecule has 0 spiro atoms. The summed E-state index contributed by atoms with van der Waals surface area (Å²) in [6, 6.07) is 5.78. The number of carbonyl (C=O) groups is 1. The number of likely N-dealkylation sites (tertiary alicyclic amines) is 1. The molecule has 3 aliphatic rings. The van der Waals surface area contributed by atoms with Gasteiger partial charge in [0.05, 0.1) is 11.0 Å². The summed E-state index contributed by atoms with van der Waals surface area (Å²) in [5.41, 5.74) is -0.876. The van der Waals surface area contributed by atoms with Gasteiger partial charge in [-0.1, -0.05) is 18.2 Å². The van der Waals surface area contributed by atoms with E-state index in [-0.39, 0.29) is 18.3 Å². The normalized spacial score (nSPS) is 22.3. The molecule has 0 atom stereocenters. The van der Waals surface area contributed by atoms with Crippen molar-refractivity contribution in [3.05, 3.63) is 35.4 Å². The lowest BCUT2D eigenvalue weighted by Crippen LogP contribution is -2.48. The molecular weight excluding hydrogens is 377 g/mol. The maximum absolute atomic E-state index is 13.1. The fourth-order valence-corrected chi connectivity index (χ4v) is 3.99. The number of hydrogen-bond donors (Lipinski definition) is 1. The molecule has 0 unspecified atom stereocenters. The molecule has 3 fully saturated rings. The number of amides is 1. The fourth-order valence-electron chi connectivity index (χ4n) is 3.99. The topological polar surface area (TPSA) is 32.3 Å². The maximum Gasteiger partial charge on any atom is 0.416 e. The van der Waals surface area contributed by atoms with Gasteiger partial charge in [0, 0.05) is 19.1 Å². The van der Waals surface area contributed by atoms with Crippen LogP contribution in [0, 0.1) is 5.92 Å². The zero-order valence-corrected chi connectivity index (χ0v) is 16.0. The summed E-state index contributed by atoms with van der Waals surface area (Å²) in [4.78, 5) is 14.9. The Hall–Kier alpha value is -1.27. The summed E-state index contributed by atoms with van der Waals surface area (Å²) < 4.78 is 39.0. The van der Waals surface area contributed by atoms with E-state index in [1.54, 1.807) is 6.07 Å². The molecule has 1 aliphatic heterocycles. The van der Waals surface area contributed by atoms with E-state index in [1.165, 1.54) is 18.9 Å². The number of piperidine rings is 1. The molecule has 1 aromatic carbocycles. The van der Waals surface area contributed by atoms with Crippen LogP contribution in [0.1, 0.15) is 49.7 Å². The minimum atomic E-state index is -4.37. The van der Waals surface area contributed by atoms with Gasteiger partial charge in [0.2, 0.25) is 5.91 Å². The molecule has 1 heterocycles. The van der Waals surface area contributed by atoms with E-state index in [2.05, 4.69) is 5.32 Å². The molecule has 0 bridgehead atoms. The summed E-state index contributed by atoms with van der Waals surface area (Å²) in [5.74, 6) is 0.850. The molecule has 4 rings (SSSR count). The summed E-state index contributed by atoms with van der Waals surface area (Å²) in [5, 5.41) is 3.59. The van der Waals surface area contributed by atoms with Crippen molar-refractivity contribution in [1.29, 1.82) is 0 Å². The summed E-state index contributed by atoms with van der Waals surface area (Å²) >= 11 is 0. The van der Waals surface area contributed by atoms with Crippen LogP contribution >= 0.6 is 12.4 Å². The van der Waals surface area contributed by atoms with Crippen LogP contribution in [-0.4, -0.2) is 36.5 Å². The Balaban J connectivity index is 0.00000210. The lowest BCUT2D eigenvalue weighted by molar-refractivity contribution is -0.138. The minimum Gasteiger partial charge on any atom is -0.342 e. The molecule has 150 valence electrons. The van der Waals surface area contributed by atoms with Crippen LogP contribution in [-0.2, 0) is 16.4 Å². The Morgan fingerprint density at radius 3 is 2.37 bits per heavy atom. The predicted octanol–water partition coefficient (Wildman–Crippen LogP) is 4.15. The molecular formula is C20H26ClF3N2O. The molecule has 0 aromatic heterocycles. The molecule has 1 amide bonds. The van der Waals surface area contributed by atoms with Gasteiger partial charge in [-0.05, 0) is 62.6 Å². The first-order valence-electron chi connectivity index (χ1n) is 9.59. The second kappa shape index (κ2) is 7.63. The fraction of sp³-hybridized carbons (Fsp3) is 0.650. The molecule has 27 heavy (non-hydrogen) atoms. The molecule has 1 N–H and O–H groups in total. The third-order valence-electron chi connectivity index (χ3n) is 6.08. The van der Waals surface area contributed by atoms with Crippen LogP contribution in [0.2, 0.25) is 0 Å². The number of nitrogens with zero attached hydrogens (tertiary/aromatic N) is 1. The van der Waals surface area contributed by atoms with Crippen LogP contribution in [0.3, 0.4) is 0 Å². The maximum atomic E-state index is 13.1.